The van der Waals surface area contributed by atoms with Gasteiger partial charge in [0.1, 0.15) is 0 Å². The van der Waals surface area contributed by atoms with E-state index < -0.39 is 0 Å². The monoisotopic (exact) mass is 203 g/mol. The Hall–Kier alpha value is -0.120. The van der Waals surface area contributed by atoms with Crippen molar-refractivity contribution in [3.63, 3.8) is 0 Å². The van der Waals surface area contributed by atoms with Gasteiger partial charge in [-0.2, -0.15) is 0 Å². The Balaban J connectivity index is 3.38. The molecule has 0 N–H and O–H groups in total. The first-order chi connectivity index (χ1) is 6.56. The maximum absolute atomic E-state index is 5.53. The molecule has 0 aliphatic carbocycles. The second-order valence-corrected chi connectivity index (χ2v) is 3.55. The zero-order valence-corrected chi connectivity index (χ0v) is 9.79. The minimum absolute atomic E-state index is 0.0189. The maximum atomic E-state index is 5.53. The standard InChI is InChI=1S/C11H23O3/c1-6-12-10(4)8-14-11(5)7-13-9(2)3/h9-11H,2,6-8H2,1,3-5H3. The van der Waals surface area contributed by atoms with Crippen molar-refractivity contribution in [2.75, 3.05) is 19.8 Å². The van der Waals surface area contributed by atoms with Gasteiger partial charge in [-0.25, -0.2) is 0 Å². The summed E-state index contributed by atoms with van der Waals surface area (Å²) in [5.74, 6) is 0. The largest absolute Gasteiger partial charge is 0.376 e. The lowest BCUT2D eigenvalue weighted by atomic mass is 10.4. The summed E-state index contributed by atoms with van der Waals surface area (Å²) >= 11 is 0. The molecule has 3 heteroatoms. The van der Waals surface area contributed by atoms with Gasteiger partial charge in [0.25, 0.3) is 0 Å². The van der Waals surface area contributed by atoms with Gasteiger partial charge in [0.05, 0.1) is 31.5 Å². The van der Waals surface area contributed by atoms with E-state index in [2.05, 4.69) is 6.92 Å². The van der Waals surface area contributed by atoms with E-state index in [1.54, 1.807) is 0 Å². The molecule has 0 rings (SSSR count). The molecule has 0 saturated heterocycles. The second kappa shape index (κ2) is 8.21. The molecule has 0 saturated carbocycles. The molecule has 0 aromatic carbocycles. The van der Waals surface area contributed by atoms with Crippen LogP contribution in [0.2, 0.25) is 0 Å². The van der Waals surface area contributed by atoms with E-state index in [-0.39, 0.29) is 18.3 Å². The van der Waals surface area contributed by atoms with Crippen molar-refractivity contribution in [2.24, 2.45) is 0 Å². The van der Waals surface area contributed by atoms with Crippen LogP contribution in [0.3, 0.4) is 0 Å². The van der Waals surface area contributed by atoms with Crippen LogP contribution in [0, 0.1) is 6.92 Å². The van der Waals surface area contributed by atoms with Crippen LogP contribution in [-0.2, 0) is 14.2 Å². The van der Waals surface area contributed by atoms with E-state index in [0.29, 0.717) is 13.2 Å². The highest BCUT2D eigenvalue weighted by atomic mass is 16.6. The van der Waals surface area contributed by atoms with Crippen molar-refractivity contribution in [3.05, 3.63) is 6.92 Å². The summed E-state index contributed by atoms with van der Waals surface area (Å²) in [5, 5.41) is 0. The third-order valence-electron chi connectivity index (χ3n) is 1.68. The number of hydrogen-bond donors (Lipinski definition) is 0. The molecular weight excluding hydrogens is 180 g/mol. The molecule has 0 fully saturated rings. The average Bonchev–Trinajstić information content (AvgIpc) is 2.12. The lowest BCUT2D eigenvalue weighted by Crippen LogP contribution is -2.24. The molecule has 0 aromatic rings. The Morgan fingerprint density at radius 1 is 0.929 bits per heavy atom. The van der Waals surface area contributed by atoms with E-state index in [0.717, 1.165) is 6.61 Å². The summed E-state index contributed by atoms with van der Waals surface area (Å²) in [6.45, 7) is 13.5. The molecule has 14 heavy (non-hydrogen) atoms. The van der Waals surface area contributed by atoms with Gasteiger partial charge in [0.2, 0.25) is 0 Å². The quantitative estimate of drug-likeness (QED) is 0.604. The molecule has 0 aromatic heterocycles. The first kappa shape index (κ1) is 13.9. The summed E-state index contributed by atoms with van der Waals surface area (Å²) in [7, 11) is 0. The van der Waals surface area contributed by atoms with Crippen LogP contribution in [0.1, 0.15) is 27.7 Å². The van der Waals surface area contributed by atoms with Crippen LogP contribution < -0.4 is 0 Å². The number of hydrogen-bond acceptors (Lipinski definition) is 3. The Kier molecular flexibility index (Phi) is 8.14. The lowest BCUT2D eigenvalue weighted by molar-refractivity contribution is -0.0608. The maximum Gasteiger partial charge on any atom is 0.0781 e. The zero-order valence-electron chi connectivity index (χ0n) is 9.79. The first-order valence-corrected chi connectivity index (χ1v) is 5.24. The molecule has 0 bridgehead atoms. The molecule has 0 amide bonds. The SMILES string of the molecule is [CH2]C(C)OCC(C)OCC(C)OCC. The van der Waals surface area contributed by atoms with Crippen molar-refractivity contribution < 1.29 is 14.2 Å². The average molecular weight is 203 g/mol. The molecule has 85 valence electrons. The second-order valence-electron chi connectivity index (χ2n) is 3.55. The first-order valence-electron chi connectivity index (χ1n) is 5.24. The van der Waals surface area contributed by atoms with Gasteiger partial charge in [-0.15, -0.1) is 0 Å². The van der Waals surface area contributed by atoms with Crippen LogP contribution in [-0.4, -0.2) is 38.1 Å². The van der Waals surface area contributed by atoms with Crippen molar-refractivity contribution >= 4 is 0 Å². The van der Waals surface area contributed by atoms with Crippen LogP contribution in [0.25, 0.3) is 0 Å². The summed E-state index contributed by atoms with van der Waals surface area (Å²) in [4.78, 5) is 0. The van der Waals surface area contributed by atoms with Crippen LogP contribution >= 0.6 is 0 Å². The third kappa shape index (κ3) is 8.48. The Labute approximate surface area is 87.7 Å². The fraction of sp³-hybridized carbons (Fsp3) is 0.909. The van der Waals surface area contributed by atoms with Gasteiger partial charge in [-0.05, 0) is 34.6 Å². The predicted molar refractivity (Wildman–Crippen MR) is 57.3 cm³/mol. The molecule has 3 unspecified atom stereocenters. The Morgan fingerprint density at radius 2 is 1.43 bits per heavy atom. The van der Waals surface area contributed by atoms with Crippen LogP contribution in [0.15, 0.2) is 0 Å². The van der Waals surface area contributed by atoms with E-state index in [4.69, 9.17) is 14.2 Å². The van der Waals surface area contributed by atoms with Gasteiger partial charge in [0, 0.05) is 6.61 Å². The van der Waals surface area contributed by atoms with Gasteiger partial charge in [-0.3, -0.25) is 0 Å². The number of ether oxygens (including phenoxy) is 3. The highest BCUT2D eigenvalue weighted by Crippen LogP contribution is 1.99. The van der Waals surface area contributed by atoms with Crippen molar-refractivity contribution in [2.45, 2.75) is 46.0 Å². The molecule has 0 spiro atoms. The molecule has 0 aliphatic heterocycles. The fourth-order valence-corrected chi connectivity index (χ4v) is 0.980. The summed E-state index contributed by atoms with van der Waals surface area (Å²) in [6.07, 6.45) is 0.270. The van der Waals surface area contributed by atoms with E-state index >= 15 is 0 Å². The fourth-order valence-electron chi connectivity index (χ4n) is 0.980. The van der Waals surface area contributed by atoms with Crippen molar-refractivity contribution in [1.82, 2.24) is 0 Å². The van der Waals surface area contributed by atoms with E-state index in [9.17, 15) is 0 Å². The van der Waals surface area contributed by atoms with Crippen LogP contribution in [0.5, 0.6) is 0 Å². The van der Waals surface area contributed by atoms with Gasteiger partial charge in [0.15, 0.2) is 0 Å². The van der Waals surface area contributed by atoms with E-state index in [1.807, 2.05) is 27.7 Å². The highest BCUT2D eigenvalue weighted by molar-refractivity contribution is 4.55. The lowest BCUT2D eigenvalue weighted by Gasteiger charge is -2.18. The third-order valence-corrected chi connectivity index (χ3v) is 1.68. The number of rotatable bonds is 8. The smallest absolute Gasteiger partial charge is 0.0781 e. The topological polar surface area (TPSA) is 27.7 Å². The highest BCUT2D eigenvalue weighted by Gasteiger charge is 2.07. The van der Waals surface area contributed by atoms with Crippen molar-refractivity contribution in [1.29, 1.82) is 0 Å². The minimum Gasteiger partial charge on any atom is -0.376 e. The predicted octanol–water partition coefficient (Wildman–Crippen LogP) is 2.06. The molecule has 3 atom stereocenters. The summed E-state index contributed by atoms with van der Waals surface area (Å²) < 4.78 is 16.2. The molecule has 1 radical (unpaired) electrons. The zero-order chi connectivity index (χ0) is 11.0. The molecular formula is C11H23O3. The Morgan fingerprint density at radius 3 is 1.93 bits per heavy atom. The minimum atomic E-state index is 0.0189. The Bertz CT molecular complexity index is 126. The molecule has 0 heterocycles. The normalized spacial score (nSPS) is 15.9. The molecule has 3 nitrogen and oxygen atoms in total. The van der Waals surface area contributed by atoms with Gasteiger partial charge in [-0.1, -0.05) is 0 Å². The van der Waals surface area contributed by atoms with Crippen molar-refractivity contribution in [3.8, 4) is 0 Å². The van der Waals surface area contributed by atoms with Crippen LogP contribution in [0.4, 0.5) is 0 Å². The summed E-state index contributed by atoms with van der Waals surface area (Å²) in [5.41, 5.74) is 0. The van der Waals surface area contributed by atoms with Gasteiger partial charge >= 0.3 is 0 Å². The molecule has 0 aliphatic rings. The van der Waals surface area contributed by atoms with Gasteiger partial charge < -0.3 is 14.2 Å². The van der Waals surface area contributed by atoms with E-state index in [1.165, 1.54) is 0 Å². The summed E-state index contributed by atoms with van der Waals surface area (Å²) in [6, 6.07) is 0.